The zero-order chi connectivity index (χ0) is 86.1. The topological polar surface area (TPSA) is 56.6 Å². The highest BCUT2D eigenvalue weighted by molar-refractivity contribution is 7.01. The van der Waals surface area contributed by atoms with Gasteiger partial charge in [0.2, 0.25) is 0 Å². The SMILES string of the molecule is c1ccc(-c2ccc3c(c2)-n2c4ccccc4c4ccc5c(c42)B3c2ccccc2O5)cc1.c1ccc(-c2ccc3c(c2)B2c4ccccc4Oc4ccc5c6ccccc6n-3c5c42)cc1.c1ccc(-c2cccc3c2-n2c4ccccc4c4ccc5c(c42)B3c2ccccc2O5)cc1.c1ccc(-c2cccc3c4ccc5c6c4n(c23)-c2ccccc2B6c2ccccc2O5)cc1. The molecule has 8 aliphatic heterocycles. The van der Waals surface area contributed by atoms with Gasteiger partial charge >= 0.3 is 0 Å². The van der Waals surface area contributed by atoms with Gasteiger partial charge in [-0.2, -0.15) is 0 Å². The van der Waals surface area contributed by atoms with Crippen LogP contribution in [0.3, 0.4) is 0 Å². The molecule has 0 saturated heterocycles. The van der Waals surface area contributed by atoms with Crippen molar-refractivity contribution in [2.24, 2.45) is 0 Å². The summed E-state index contributed by atoms with van der Waals surface area (Å²) >= 11 is 0. The maximum atomic E-state index is 6.46. The molecule has 12 heteroatoms. The van der Waals surface area contributed by atoms with E-state index in [1.165, 1.54) is 220 Å². The Kier molecular flexibility index (Phi) is 15.7. The van der Waals surface area contributed by atoms with Crippen molar-refractivity contribution in [3.8, 4) is 113 Å². The fraction of sp³-hybridized carbons (Fsp3) is 0. The highest BCUT2D eigenvalue weighted by Gasteiger charge is 2.46. The number of para-hydroxylation sites is 10. The summed E-state index contributed by atoms with van der Waals surface area (Å²) in [6, 6.07) is 157. The number of fused-ring (bicyclic) bond motifs is 32. The van der Waals surface area contributed by atoms with Gasteiger partial charge in [0.25, 0.3) is 26.9 Å². The number of benzene rings is 20. The molecule has 0 amide bonds. The first-order valence-electron chi connectivity index (χ1n) is 45.6. The summed E-state index contributed by atoms with van der Waals surface area (Å²) in [6.07, 6.45) is 0. The van der Waals surface area contributed by atoms with E-state index in [0.29, 0.717) is 0 Å². The predicted octanol–water partition coefficient (Wildman–Crippen LogP) is 21.5. The van der Waals surface area contributed by atoms with Crippen LogP contribution in [0.2, 0.25) is 0 Å². The fourth-order valence-corrected chi connectivity index (χ4v) is 23.7. The first-order chi connectivity index (χ1) is 65.6. The Hall–Kier alpha value is -16.9. The molecule has 608 valence electrons. The van der Waals surface area contributed by atoms with E-state index >= 15 is 0 Å². The Morgan fingerprint density at radius 2 is 0.477 bits per heavy atom. The molecule has 8 nitrogen and oxygen atoms in total. The molecule has 0 fully saturated rings. The predicted molar refractivity (Wildman–Crippen MR) is 550 cm³/mol. The average molecular weight is 1680 g/mol. The smallest absolute Gasteiger partial charge is 0.256 e. The van der Waals surface area contributed by atoms with Gasteiger partial charge < -0.3 is 37.2 Å². The van der Waals surface area contributed by atoms with Crippen LogP contribution in [0.1, 0.15) is 0 Å². The van der Waals surface area contributed by atoms with Crippen LogP contribution in [0.25, 0.3) is 154 Å². The molecular formula is C120H72B4N4O4. The zero-order valence-electron chi connectivity index (χ0n) is 71.3. The number of rotatable bonds is 4. The van der Waals surface area contributed by atoms with Gasteiger partial charge in [-0.25, -0.2) is 0 Å². The van der Waals surface area contributed by atoms with E-state index in [1.807, 2.05) is 0 Å². The van der Waals surface area contributed by atoms with Crippen LogP contribution in [0.4, 0.5) is 0 Å². The second-order valence-electron chi connectivity index (χ2n) is 35.7. The Balaban J connectivity index is 0.0000000862. The molecule has 0 unspecified atom stereocenters. The molecule has 12 heterocycles. The van der Waals surface area contributed by atoms with E-state index in [4.69, 9.17) is 18.9 Å². The monoisotopic (exact) mass is 1680 g/mol. The summed E-state index contributed by atoms with van der Waals surface area (Å²) in [6.45, 7) is 0.611. The van der Waals surface area contributed by atoms with Crippen molar-refractivity contribution in [2.75, 3.05) is 0 Å². The third kappa shape index (κ3) is 10.4. The maximum Gasteiger partial charge on any atom is 0.256 e. The van der Waals surface area contributed by atoms with E-state index in [2.05, 4.69) is 455 Å². The van der Waals surface area contributed by atoms with Crippen LogP contribution in [-0.4, -0.2) is 45.1 Å². The zero-order valence-corrected chi connectivity index (χ0v) is 71.3. The fourth-order valence-electron chi connectivity index (χ4n) is 23.7. The van der Waals surface area contributed by atoms with Gasteiger partial charge in [-0.3, -0.25) is 0 Å². The summed E-state index contributed by atoms with van der Waals surface area (Å²) in [5.74, 6) is 7.68. The maximum absolute atomic E-state index is 6.46. The molecule has 32 rings (SSSR count). The van der Waals surface area contributed by atoms with E-state index in [1.54, 1.807) is 0 Å². The molecule has 0 bridgehead atoms. The van der Waals surface area contributed by atoms with Crippen molar-refractivity contribution in [3.05, 3.63) is 437 Å². The molecule has 0 N–H and O–H groups in total. The standard InChI is InChI=1S/4C30H18BNO/c1-2-9-19(10-3-1)20-11-8-12-21-22-17-18-27-28-30(22)32(29(20)21)25-15-6-4-13-23(25)31(28)24-14-5-7-16-26(24)33-27;1-2-9-19(10-3-1)20-12-8-14-24-29(20)32-25-15-6-4-11-21(25)22-17-18-27-28(30(22)32)31(24)23-13-5-7-16-26(23)33-27;1-2-8-19(9-3-1)20-14-16-23-26(18-20)32-25-12-6-4-10-21(25)22-15-17-28-29(30(22)32)31(23)24-11-5-7-13-27(24)33-28;1-2-8-19(9-3-1)20-14-16-26-24(18-20)31-23-11-5-7-13-27(23)33-28-17-15-22-21-10-4-6-12-25(21)32(26)30(22)29(28)31/h4*1-18H. The third-order valence-electron chi connectivity index (χ3n) is 29.0. The van der Waals surface area contributed by atoms with Crippen LogP contribution in [-0.2, 0) is 0 Å². The molecule has 24 aromatic rings. The molecular weight excluding hydrogens is 1600 g/mol. The number of hydrogen-bond donors (Lipinski definition) is 0. The Morgan fingerprint density at radius 3 is 0.977 bits per heavy atom. The molecule has 0 aliphatic carbocycles. The van der Waals surface area contributed by atoms with Crippen LogP contribution < -0.4 is 84.5 Å². The van der Waals surface area contributed by atoms with Crippen molar-refractivity contribution < 1.29 is 18.9 Å². The lowest BCUT2D eigenvalue weighted by molar-refractivity contribution is 0.487. The van der Waals surface area contributed by atoms with Crippen molar-refractivity contribution >= 4 is 180 Å². The number of nitrogens with zero attached hydrogens (tertiary/aromatic N) is 4. The van der Waals surface area contributed by atoms with E-state index in [0.717, 1.165) is 46.0 Å². The van der Waals surface area contributed by atoms with Gasteiger partial charge in [0.15, 0.2) is 0 Å². The lowest BCUT2D eigenvalue weighted by Gasteiger charge is -2.33. The molecule has 20 aromatic carbocycles. The molecule has 0 atom stereocenters. The van der Waals surface area contributed by atoms with Crippen LogP contribution >= 0.6 is 0 Å². The van der Waals surface area contributed by atoms with Crippen molar-refractivity contribution in [2.45, 2.75) is 0 Å². The summed E-state index contributed by atoms with van der Waals surface area (Å²) < 4.78 is 35.7. The van der Waals surface area contributed by atoms with Gasteiger partial charge in [0.1, 0.15) is 46.0 Å². The second-order valence-corrected chi connectivity index (χ2v) is 35.7. The highest BCUT2D eigenvalue weighted by Crippen LogP contribution is 2.47. The Bertz CT molecular complexity index is 9050. The Labute approximate surface area is 761 Å². The quantitative estimate of drug-likeness (QED) is 0.165. The van der Waals surface area contributed by atoms with Crippen molar-refractivity contribution in [1.82, 2.24) is 18.3 Å². The van der Waals surface area contributed by atoms with Gasteiger partial charge in [-0.15, -0.1) is 0 Å². The molecule has 4 aromatic heterocycles. The van der Waals surface area contributed by atoms with E-state index in [9.17, 15) is 0 Å². The summed E-state index contributed by atoms with van der Waals surface area (Å²) in [4.78, 5) is 0. The van der Waals surface area contributed by atoms with Gasteiger partial charge in [-0.1, -0.05) is 328 Å². The molecule has 132 heavy (non-hydrogen) atoms. The summed E-state index contributed by atoms with van der Waals surface area (Å²) in [7, 11) is 0. The van der Waals surface area contributed by atoms with Crippen LogP contribution in [0, 0.1) is 0 Å². The number of aromatic nitrogens is 4. The van der Waals surface area contributed by atoms with Crippen molar-refractivity contribution in [3.63, 3.8) is 0 Å². The van der Waals surface area contributed by atoms with Crippen LogP contribution in [0.5, 0.6) is 46.0 Å². The third-order valence-corrected chi connectivity index (χ3v) is 29.0. The second kappa shape index (κ2) is 28.3. The molecule has 0 radical (unpaired) electrons. The van der Waals surface area contributed by atoms with Crippen LogP contribution in [0.15, 0.2) is 437 Å². The molecule has 8 aliphatic rings. The lowest BCUT2D eigenvalue weighted by Crippen LogP contribution is -2.58. The summed E-state index contributed by atoms with van der Waals surface area (Å²) in [5, 5.41) is 10.3. The molecule has 0 spiro atoms. The molecule has 0 saturated carbocycles. The first kappa shape index (κ1) is 73.1. The minimum Gasteiger partial charge on any atom is -0.458 e. The Morgan fingerprint density at radius 1 is 0.159 bits per heavy atom. The minimum absolute atomic E-state index is 0.143. The van der Waals surface area contributed by atoms with Gasteiger partial charge in [0, 0.05) is 77.0 Å². The minimum atomic E-state index is 0.143. The summed E-state index contributed by atoms with van der Waals surface area (Å²) in [5.41, 5.74) is 40.4. The van der Waals surface area contributed by atoms with E-state index < -0.39 is 0 Å². The average Bonchev–Trinajstić information content (AvgIpc) is 1.50. The number of hydrogen-bond acceptors (Lipinski definition) is 4. The van der Waals surface area contributed by atoms with E-state index in [-0.39, 0.29) is 26.9 Å². The highest BCUT2D eigenvalue weighted by atomic mass is 16.5. The van der Waals surface area contributed by atoms with Gasteiger partial charge in [0.05, 0.1) is 44.1 Å². The normalized spacial score (nSPS) is 13.0. The first-order valence-corrected chi connectivity index (χ1v) is 45.6. The van der Waals surface area contributed by atoms with Crippen molar-refractivity contribution in [1.29, 1.82) is 0 Å². The lowest BCUT2D eigenvalue weighted by atomic mass is 9.34. The largest absolute Gasteiger partial charge is 0.458 e. The van der Waals surface area contributed by atoms with Gasteiger partial charge in [-0.05, 0) is 208 Å². The number of ether oxygens (including phenoxy) is 4.